The zero-order valence-electron chi connectivity index (χ0n) is 16.3. The zero-order chi connectivity index (χ0) is 22.4. The molecule has 0 radical (unpaired) electrons. The van der Waals surface area contributed by atoms with Gasteiger partial charge in [0.25, 0.3) is 0 Å². The van der Waals surface area contributed by atoms with E-state index in [0.717, 1.165) is 0 Å². The van der Waals surface area contributed by atoms with Crippen LogP contribution < -0.4 is 10.1 Å². The maximum absolute atomic E-state index is 13.8. The second-order valence-electron chi connectivity index (χ2n) is 6.88. The number of benzene rings is 3. The fraction of sp³-hybridized carbons (Fsp3) is 0.182. The average molecular weight is 468 g/mol. The highest BCUT2D eigenvalue weighted by atomic mass is 35.5. The minimum absolute atomic E-state index is 0.0847. The van der Waals surface area contributed by atoms with Gasteiger partial charge in [-0.25, -0.2) is 8.78 Å². The smallest absolute Gasteiger partial charge is 0.346 e. The molecule has 164 valence electrons. The molecular weight excluding hydrogens is 447 g/mol. The van der Waals surface area contributed by atoms with Gasteiger partial charge in [-0.05, 0) is 53.9 Å². The van der Waals surface area contributed by atoms with Crippen molar-refractivity contribution in [1.29, 1.82) is 0 Å². The molecule has 31 heavy (non-hydrogen) atoms. The van der Waals surface area contributed by atoms with Crippen molar-refractivity contribution < 1.29 is 27.9 Å². The Kier molecular flexibility index (Phi) is 7.81. The van der Waals surface area contributed by atoms with Crippen LogP contribution in [-0.4, -0.2) is 16.3 Å². The molecule has 3 rings (SSSR count). The van der Waals surface area contributed by atoms with Crippen molar-refractivity contribution in [3.63, 3.8) is 0 Å². The molecule has 0 aliphatic carbocycles. The lowest BCUT2D eigenvalue weighted by Gasteiger charge is -2.21. The summed E-state index contributed by atoms with van der Waals surface area (Å²) in [6.07, 6.45) is 0.402. The van der Waals surface area contributed by atoms with Gasteiger partial charge in [-0.1, -0.05) is 41.9 Å². The van der Waals surface area contributed by atoms with Gasteiger partial charge in [0.1, 0.15) is 29.8 Å². The molecule has 0 spiro atoms. The molecule has 0 fully saturated rings. The Labute approximate surface area is 183 Å². The van der Waals surface area contributed by atoms with E-state index in [0.29, 0.717) is 23.3 Å². The second kappa shape index (κ2) is 10.4. The maximum atomic E-state index is 13.8. The quantitative estimate of drug-likeness (QED) is 0.377. The summed E-state index contributed by atoms with van der Waals surface area (Å²) >= 11 is 5.98. The summed E-state index contributed by atoms with van der Waals surface area (Å²) in [5, 5.41) is 3.09. The predicted molar refractivity (Wildman–Crippen MR) is 115 cm³/mol. The normalized spacial score (nSPS) is 12.5. The van der Waals surface area contributed by atoms with Gasteiger partial charge in [-0.15, -0.1) is 0 Å². The number of hydrogen-bond donors (Lipinski definition) is 3. The molecule has 5 nitrogen and oxygen atoms in total. The molecule has 0 aliphatic heterocycles. The van der Waals surface area contributed by atoms with E-state index >= 15 is 0 Å². The van der Waals surface area contributed by atoms with Gasteiger partial charge in [0, 0.05) is 12.1 Å². The molecule has 9 heteroatoms. The van der Waals surface area contributed by atoms with Crippen LogP contribution in [0.4, 0.5) is 8.78 Å². The molecule has 3 aromatic carbocycles. The van der Waals surface area contributed by atoms with Gasteiger partial charge in [0.05, 0.1) is 5.02 Å². The lowest BCUT2D eigenvalue weighted by molar-refractivity contribution is 0.299. The van der Waals surface area contributed by atoms with Crippen LogP contribution in [-0.2, 0) is 17.6 Å². The molecule has 0 aliphatic rings. The van der Waals surface area contributed by atoms with Crippen molar-refractivity contribution in [2.45, 2.75) is 18.8 Å². The van der Waals surface area contributed by atoms with Crippen LogP contribution in [0.2, 0.25) is 5.02 Å². The average Bonchev–Trinajstić information content (AvgIpc) is 2.71. The third kappa shape index (κ3) is 6.60. The van der Waals surface area contributed by atoms with Crippen LogP contribution in [0.15, 0.2) is 66.7 Å². The summed E-state index contributed by atoms with van der Waals surface area (Å²) in [7, 11) is -4.51. The lowest BCUT2D eigenvalue weighted by Crippen LogP contribution is -2.24. The molecule has 0 saturated carbocycles. The molecule has 3 aromatic rings. The Hall–Kier alpha value is -2.28. The van der Waals surface area contributed by atoms with Gasteiger partial charge in [-0.3, -0.25) is 9.88 Å². The summed E-state index contributed by atoms with van der Waals surface area (Å²) in [5.41, 5.74) is 1.30. The van der Waals surface area contributed by atoms with Crippen molar-refractivity contribution in [2.75, 3.05) is 6.54 Å². The molecule has 0 heterocycles. The minimum Gasteiger partial charge on any atom is -0.489 e. The first-order valence-electron chi connectivity index (χ1n) is 9.43. The van der Waals surface area contributed by atoms with E-state index in [9.17, 15) is 23.1 Å². The Morgan fingerprint density at radius 3 is 2.39 bits per heavy atom. The number of halogens is 3. The first-order chi connectivity index (χ1) is 14.7. The molecule has 1 unspecified atom stereocenters. The Morgan fingerprint density at radius 1 is 1.03 bits per heavy atom. The zero-order valence-corrected chi connectivity index (χ0v) is 18.0. The third-order valence-electron chi connectivity index (χ3n) is 4.62. The maximum Gasteiger partial charge on any atom is 0.346 e. The summed E-state index contributed by atoms with van der Waals surface area (Å²) in [4.78, 5) is 19.5. The Morgan fingerprint density at radius 2 is 1.74 bits per heavy atom. The first-order valence-corrected chi connectivity index (χ1v) is 11.5. The molecule has 0 bridgehead atoms. The van der Waals surface area contributed by atoms with E-state index in [1.807, 2.05) is 0 Å². The topological polar surface area (TPSA) is 78.8 Å². The highest BCUT2D eigenvalue weighted by Gasteiger charge is 2.29. The third-order valence-corrected chi connectivity index (χ3v) is 6.12. The van der Waals surface area contributed by atoms with Crippen LogP contribution in [0.1, 0.15) is 22.5 Å². The Balaban J connectivity index is 1.64. The van der Waals surface area contributed by atoms with E-state index in [1.54, 1.807) is 30.3 Å². The lowest BCUT2D eigenvalue weighted by atomic mass is 10.1. The molecule has 0 saturated heterocycles. The second-order valence-corrected chi connectivity index (χ2v) is 8.99. The highest BCUT2D eigenvalue weighted by Crippen LogP contribution is 2.50. The number of nitrogens with one attached hydrogen (secondary N) is 1. The van der Waals surface area contributed by atoms with E-state index in [4.69, 9.17) is 16.3 Å². The SMILES string of the molecule is O=P(O)(O)C(NCCc1cccc(F)c1)c1ccc(OCc2c(F)cccc2Cl)cc1. The standard InChI is InChI=1S/C22H21ClF2NO4P/c23-20-5-2-6-21(25)19(20)14-30-18-9-7-16(8-10-18)22(31(27,28)29)26-12-11-15-3-1-4-17(24)13-15/h1-10,13,22,26H,11-12,14H2,(H2,27,28,29). The van der Waals surface area contributed by atoms with Crippen LogP contribution in [0.25, 0.3) is 0 Å². The van der Waals surface area contributed by atoms with Crippen LogP contribution in [0.3, 0.4) is 0 Å². The van der Waals surface area contributed by atoms with Gasteiger partial charge in [0.2, 0.25) is 0 Å². The molecular formula is C22H21ClF2NO4P. The number of ether oxygens (including phenoxy) is 1. The van der Waals surface area contributed by atoms with Crippen LogP contribution in [0.5, 0.6) is 5.75 Å². The highest BCUT2D eigenvalue weighted by molar-refractivity contribution is 7.52. The molecule has 1 atom stereocenters. The van der Waals surface area contributed by atoms with Gasteiger partial charge >= 0.3 is 7.60 Å². The van der Waals surface area contributed by atoms with Crippen LogP contribution in [0, 0.1) is 11.6 Å². The fourth-order valence-electron chi connectivity index (χ4n) is 3.05. The summed E-state index contributed by atoms with van der Waals surface area (Å²) < 4.78 is 44.6. The fourth-order valence-corrected chi connectivity index (χ4v) is 4.19. The monoisotopic (exact) mass is 467 g/mol. The van der Waals surface area contributed by atoms with E-state index in [-0.39, 0.29) is 29.6 Å². The largest absolute Gasteiger partial charge is 0.489 e. The summed E-state index contributed by atoms with van der Waals surface area (Å²) in [5.74, 6) is -1.67. The summed E-state index contributed by atoms with van der Waals surface area (Å²) in [6.45, 7) is 0.155. The molecule has 0 aromatic heterocycles. The van der Waals surface area contributed by atoms with E-state index in [2.05, 4.69) is 5.32 Å². The number of rotatable bonds is 9. The minimum atomic E-state index is -4.51. The van der Waals surface area contributed by atoms with Gasteiger partial charge in [-0.2, -0.15) is 0 Å². The van der Waals surface area contributed by atoms with Crippen molar-refractivity contribution in [2.24, 2.45) is 0 Å². The van der Waals surface area contributed by atoms with Crippen LogP contribution >= 0.6 is 19.2 Å². The van der Waals surface area contributed by atoms with Gasteiger partial charge < -0.3 is 14.5 Å². The first kappa shape index (κ1) is 23.4. The summed E-state index contributed by atoms with van der Waals surface area (Å²) in [6, 6.07) is 16.5. The van der Waals surface area contributed by atoms with E-state index in [1.165, 1.54) is 36.4 Å². The van der Waals surface area contributed by atoms with Crippen molar-refractivity contribution in [3.8, 4) is 5.75 Å². The Bertz CT molecular complexity index is 1060. The predicted octanol–water partition coefficient (Wildman–Crippen LogP) is 5.21. The molecule has 0 amide bonds. The number of hydrogen-bond acceptors (Lipinski definition) is 3. The van der Waals surface area contributed by atoms with Crippen molar-refractivity contribution in [1.82, 2.24) is 5.32 Å². The van der Waals surface area contributed by atoms with E-state index < -0.39 is 19.2 Å². The van der Waals surface area contributed by atoms with Gasteiger partial charge in [0.15, 0.2) is 0 Å². The van der Waals surface area contributed by atoms with Crippen molar-refractivity contribution >= 4 is 19.2 Å². The van der Waals surface area contributed by atoms with Crippen molar-refractivity contribution in [3.05, 3.63) is 100 Å². The molecule has 3 N–H and O–H groups in total.